The van der Waals surface area contributed by atoms with Crippen LogP contribution in [0.25, 0.3) is 0 Å². The molecule has 3 N–H and O–H groups in total. The summed E-state index contributed by atoms with van der Waals surface area (Å²) >= 11 is 0. The van der Waals surface area contributed by atoms with Crippen molar-refractivity contribution in [1.29, 1.82) is 5.26 Å². The second-order valence-electron chi connectivity index (χ2n) is 9.75. The molecule has 14 heteroatoms. The zero-order valence-electron chi connectivity index (χ0n) is 21.8. The molecule has 2 aromatic carbocycles. The lowest BCUT2D eigenvalue weighted by Gasteiger charge is -2.32. The fourth-order valence-electron chi connectivity index (χ4n) is 4.91. The highest BCUT2D eigenvalue weighted by Crippen LogP contribution is 2.42. The largest absolute Gasteiger partial charge is 0.408 e. The van der Waals surface area contributed by atoms with Crippen LogP contribution in [0, 0.1) is 17.1 Å². The first kappa shape index (κ1) is 29.3. The van der Waals surface area contributed by atoms with Gasteiger partial charge in [0.25, 0.3) is 5.91 Å². The van der Waals surface area contributed by atoms with Crippen molar-refractivity contribution >= 4 is 29.6 Å². The van der Waals surface area contributed by atoms with Gasteiger partial charge in [-0.15, -0.1) is 0 Å². The Balaban J connectivity index is 1.51. The summed E-state index contributed by atoms with van der Waals surface area (Å²) in [5, 5.41) is 16.3. The molecule has 0 unspecified atom stereocenters. The summed E-state index contributed by atoms with van der Waals surface area (Å²) in [5.41, 5.74) is 0.255. The summed E-state index contributed by atoms with van der Waals surface area (Å²) in [6.07, 6.45) is -4.17. The maximum absolute atomic E-state index is 13.6. The van der Waals surface area contributed by atoms with E-state index in [2.05, 4.69) is 16.0 Å². The number of hydrogen-bond acceptors (Lipinski definition) is 5. The number of rotatable bonds is 8. The average Bonchev–Trinajstić information content (AvgIpc) is 3.39. The molecule has 10 nitrogen and oxygen atoms in total. The molecular formula is C27H26F4N6O4. The van der Waals surface area contributed by atoms with Crippen LogP contribution in [0.1, 0.15) is 36.5 Å². The Labute approximate surface area is 232 Å². The number of nitriles is 1. The minimum Gasteiger partial charge on any atom is -0.337 e. The van der Waals surface area contributed by atoms with Crippen LogP contribution in [0.2, 0.25) is 0 Å². The molecule has 6 amide bonds. The smallest absolute Gasteiger partial charge is 0.337 e. The third-order valence-electron chi connectivity index (χ3n) is 7.11. The maximum atomic E-state index is 13.6. The number of carbonyl (C=O) groups is 4. The van der Waals surface area contributed by atoms with Crippen LogP contribution < -0.4 is 16.0 Å². The van der Waals surface area contributed by atoms with Gasteiger partial charge in [0.05, 0.1) is 12.5 Å². The fraction of sp³-hybridized carbons (Fsp3) is 0.370. The maximum Gasteiger partial charge on any atom is 0.408 e. The molecule has 2 atom stereocenters. The van der Waals surface area contributed by atoms with Crippen molar-refractivity contribution in [3.05, 3.63) is 65.0 Å². The second-order valence-corrected chi connectivity index (χ2v) is 9.75. The molecule has 1 spiro atoms. The summed E-state index contributed by atoms with van der Waals surface area (Å²) in [6, 6.07) is 7.53. The number of amides is 6. The van der Waals surface area contributed by atoms with Gasteiger partial charge >= 0.3 is 18.2 Å². The molecule has 2 aliphatic rings. The average molecular weight is 575 g/mol. The quantitative estimate of drug-likeness (QED) is 0.252. The van der Waals surface area contributed by atoms with Crippen molar-refractivity contribution in [3.8, 4) is 6.07 Å². The van der Waals surface area contributed by atoms with Gasteiger partial charge in [0.1, 0.15) is 23.9 Å². The molecule has 2 aromatic rings. The van der Waals surface area contributed by atoms with Crippen molar-refractivity contribution in [1.82, 2.24) is 20.4 Å². The van der Waals surface area contributed by atoms with Crippen LogP contribution in [0.15, 0.2) is 42.5 Å². The number of imide groups is 1. The lowest BCUT2D eigenvalue weighted by atomic mass is 9.91. The van der Waals surface area contributed by atoms with E-state index in [1.54, 1.807) is 12.1 Å². The van der Waals surface area contributed by atoms with Gasteiger partial charge in [-0.1, -0.05) is 18.2 Å². The summed E-state index contributed by atoms with van der Waals surface area (Å²) < 4.78 is 54.2. The van der Waals surface area contributed by atoms with Crippen molar-refractivity contribution in [3.63, 3.8) is 0 Å². The zero-order chi connectivity index (χ0) is 29.9. The second kappa shape index (κ2) is 11.4. The van der Waals surface area contributed by atoms with Gasteiger partial charge in [0.2, 0.25) is 5.91 Å². The third kappa shape index (κ3) is 6.08. The summed E-state index contributed by atoms with van der Waals surface area (Å²) in [4.78, 5) is 52.7. The minimum atomic E-state index is -4.79. The number of halogens is 4. The van der Waals surface area contributed by atoms with E-state index in [0.717, 1.165) is 19.1 Å². The van der Waals surface area contributed by atoms with Crippen molar-refractivity contribution in [2.75, 3.05) is 18.4 Å². The molecule has 0 bridgehead atoms. The molecule has 1 saturated heterocycles. The SMILES string of the molecule is C[C@H](N(Cc1ccc(F)cc1)C(=O)CN1C(=O)N[C@]2(CCc3cc(NC(=O)NCCC#N)ccc32)C1=O)C(F)(F)F. The standard InChI is InChI=1S/C27H26F4N6O4/c1-16(27(29,30)31)36(14-17-3-5-19(28)6-4-17)22(38)15-37-23(39)26(35-25(37)41)10-9-18-13-20(7-8-21(18)26)34-24(40)33-12-2-11-32/h3-8,13,16H,2,9-10,12,14-15H2,1H3,(H,35,41)(H2,33,34,40)/t16-,26-/m0/s1. The van der Waals surface area contributed by atoms with Crippen molar-refractivity contribution < 1.29 is 36.7 Å². The number of hydrogen-bond donors (Lipinski definition) is 3. The van der Waals surface area contributed by atoms with E-state index in [4.69, 9.17) is 5.26 Å². The molecule has 1 fully saturated rings. The lowest BCUT2D eigenvalue weighted by Crippen LogP contribution is -2.51. The van der Waals surface area contributed by atoms with Crippen LogP contribution >= 0.6 is 0 Å². The summed E-state index contributed by atoms with van der Waals surface area (Å²) in [5.74, 6) is -2.48. The van der Waals surface area contributed by atoms with Crippen LogP contribution in [0.5, 0.6) is 0 Å². The number of nitrogens with one attached hydrogen (secondary N) is 3. The van der Waals surface area contributed by atoms with Crippen LogP contribution in [0.3, 0.4) is 0 Å². The molecule has 0 aromatic heterocycles. The lowest BCUT2D eigenvalue weighted by molar-refractivity contribution is -0.187. The monoisotopic (exact) mass is 574 g/mol. The first-order valence-corrected chi connectivity index (χ1v) is 12.7. The van der Waals surface area contributed by atoms with Gasteiger partial charge in [-0.3, -0.25) is 14.5 Å². The molecule has 4 rings (SSSR count). The Kier molecular flexibility index (Phi) is 8.18. The van der Waals surface area contributed by atoms with Gasteiger partial charge in [-0.05, 0) is 60.7 Å². The highest BCUT2D eigenvalue weighted by molar-refractivity contribution is 6.10. The Morgan fingerprint density at radius 2 is 1.90 bits per heavy atom. The minimum absolute atomic E-state index is 0.139. The van der Waals surface area contributed by atoms with E-state index in [1.165, 1.54) is 18.2 Å². The Hall–Kier alpha value is -4.67. The van der Waals surface area contributed by atoms with E-state index in [1.807, 2.05) is 6.07 Å². The van der Waals surface area contributed by atoms with Crippen LogP contribution in [-0.2, 0) is 28.1 Å². The van der Waals surface area contributed by atoms with E-state index in [0.29, 0.717) is 33.0 Å². The molecule has 1 aliphatic heterocycles. The molecule has 1 aliphatic carbocycles. The number of anilines is 1. The molecule has 0 radical (unpaired) electrons. The van der Waals surface area contributed by atoms with Gasteiger partial charge in [-0.25, -0.2) is 14.0 Å². The van der Waals surface area contributed by atoms with Crippen molar-refractivity contribution in [2.24, 2.45) is 0 Å². The number of benzene rings is 2. The van der Waals surface area contributed by atoms with E-state index < -0.39 is 60.5 Å². The van der Waals surface area contributed by atoms with Gasteiger partial charge in [0.15, 0.2) is 0 Å². The zero-order valence-corrected chi connectivity index (χ0v) is 21.8. The van der Waals surface area contributed by atoms with Crippen molar-refractivity contribution in [2.45, 2.75) is 50.5 Å². The third-order valence-corrected chi connectivity index (χ3v) is 7.11. The molecule has 0 saturated carbocycles. The fourth-order valence-corrected chi connectivity index (χ4v) is 4.91. The molecule has 41 heavy (non-hydrogen) atoms. The Morgan fingerprint density at radius 3 is 2.56 bits per heavy atom. The highest BCUT2D eigenvalue weighted by atomic mass is 19.4. The first-order valence-electron chi connectivity index (χ1n) is 12.7. The summed E-state index contributed by atoms with van der Waals surface area (Å²) in [7, 11) is 0. The Morgan fingerprint density at radius 1 is 1.20 bits per heavy atom. The molecule has 1 heterocycles. The van der Waals surface area contributed by atoms with E-state index >= 15 is 0 Å². The van der Waals surface area contributed by atoms with Gasteiger partial charge < -0.3 is 20.9 Å². The van der Waals surface area contributed by atoms with Gasteiger partial charge in [-0.2, -0.15) is 18.4 Å². The van der Waals surface area contributed by atoms with E-state index in [9.17, 15) is 36.7 Å². The van der Waals surface area contributed by atoms with E-state index in [-0.39, 0.29) is 24.9 Å². The number of alkyl halides is 3. The predicted molar refractivity (Wildman–Crippen MR) is 136 cm³/mol. The normalized spacial score (nSPS) is 18.5. The Bertz CT molecular complexity index is 1410. The number of nitrogens with zero attached hydrogens (tertiary/aromatic N) is 3. The van der Waals surface area contributed by atoms with Crippen LogP contribution in [0.4, 0.5) is 32.8 Å². The number of aryl methyl sites for hydroxylation is 1. The first-order chi connectivity index (χ1) is 19.4. The predicted octanol–water partition coefficient (Wildman–Crippen LogP) is 3.53. The molecular weight excluding hydrogens is 548 g/mol. The number of fused-ring (bicyclic) bond motifs is 2. The number of carbonyl (C=O) groups excluding carboxylic acids is 4. The van der Waals surface area contributed by atoms with Crippen LogP contribution in [-0.4, -0.2) is 59.0 Å². The summed E-state index contributed by atoms with van der Waals surface area (Å²) in [6.45, 7) is -0.491. The number of urea groups is 2. The van der Waals surface area contributed by atoms with Gasteiger partial charge in [0, 0.05) is 18.8 Å². The highest BCUT2D eigenvalue weighted by Gasteiger charge is 2.56. The topological polar surface area (TPSA) is 135 Å². The molecule has 216 valence electrons.